The first-order valence-corrected chi connectivity index (χ1v) is 7.10. The number of rotatable bonds is 3. The van der Waals surface area contributed by atoms with Gasteiger partial charge >= 0.3 is 18.3 Å². The second kappa shape index (κ2) is 6.78. The van der Waals surface area contributed by atoms with Crippen molar-refractivity contribution in [2.45, 2.75) is 19.3 Å². The molecule has 2 rings (SSSR count). The first-order chi connectivity index (χ1) is 11.6. The van der Waals surface area contributed by atoms with E-state index in [-0.39, 0.29) is 17.7 Å². The fourth-order valence-corrected chi connectivity index (χ4v) is 2.30. The molecule has 134 valence electrons. The summed E-state index contributed by atoms with van der Waals surface area (Å²) in [4.78, 5) is 12.0. The zero-order chi connectivity index (χ0) is 18.8. The summed E-state index contributed by atoms with van der Waals surface area (Å²) >= 11 is 0. The summed E-state index contributed by atoms with van der Waals surface area (Å²) in [6.45, 7) is 1.44. The molecule has 0 aliphatic rings. The minimum atomic E-state index is -4.79. The Hall–Kier alpha value is -2.51. The third kappa shape index (κ3) is 4.12. The average molecular weight is 362 g/mol. The van der Waals surface area contributed by atoms with E-state index in [4.69, 9.17) is 4.74 Å². The van der Waals surface area contributed by atoms with Crippen LogP contribution in [0.4, 0.5) is 26.3 Å². The van der Waals surface area contributed by atoms with Gasteiger partial charge in [-0.1, -0.05) is 18.2 Å². The smallest absolute Gasteiger partial charge is 0.417 e. The van der Waals surface area contributed by atoms with Gasteiger partial charge in [-0.25, -0.2) is 4.79 Å². The monoisotopic (exact) mass is 362 g/mol. The molecule has 0 aliphatic carbocycles. The van der Waals surface area contributed by atoms with E-state index in [1.54, 1.807) is 0 Å². The van der Waals surface area contributed by atoms with E-state index >= 15 is 0 Å². The SMILES string of the molecule is CCOC(=O)c1cccc(C(F)(F)F)c1-c1ccc(C(F)(F)F)cc1. The molecule has 0 saturated carbocycles. The minimum absolute atomic E-state index is 0.0540. The molecule has 2 nitrogen and oxygen atoms in total. The maximum atomic E-state index is 13.3. The molecule has 8 heteroatoms. The fraction of sp³-hybridized carbons (Fsp3) is 0.235. The Bertz CT molecular complexity index is 760. The summed E-state index contributed by atoms with van der Waals surface area (Å²) in [5, 5.41) is 0. The standard InChI is InChI=1S/C17H12F6O2/c1-2-25-15(24)12-4-3-5-13(17(21,22)23)14(12)10-6-8-11(9-7-10)16(18,19)20/h3-9H,2H2,1H3. The Morgan fingerprint density at radius 2 is 1.52 bits per heavy atom. The summed E-state index contributed by atoms with van der Waals surface area (Å²) in [7, 11) is 0. The summed E-state index contributed by atoms with van der Waals surface area (Å²) in [6.07, 6.45) is -9.41. The van der Waals surface area contributed by atoms with Gasteiger partial charge in [0.05, 0.1) is 23.3 Å². The molecule has 0 bridgehead atoms. The van der Waals surface area contributed by atoms with Gasteiger partial charge in [0.25, 0.3) is 0 Å². The lowest BCUT2D eigenvalue weighted by molar-refractivity contribution is -0.138. The number of benzene rings is 2. The normalized spacial score (nSPS) is 12.1. The molecule has 0 amide bonds. The van der Waals surface area contributed by atoms with Crippen LogP contribution >= 0.6 is 0 Å². The molecule has 0 heterocycles. The largest absolute Gasteiger partial charge is 0.462 e. The third-order valence-electron chi connectivity index (χ3n) is 3.37. The summed E-state index contributed by atoms with van der Waals surface area (Å²) in [6, 6.07) is 6.07. The highest BCUT2D eigenvalue weighted by atomic mass is 19.4. The number of carbonyl (C=O) groups is 1. The molecular weight excluding hydrogens is 350 g/mol. The molecule has 0 fully saturated rings. The van der Waals surface area contributed by atoms with Gasteiger partial charge in [-0.15, -0.1) is 0 Å². The van der Waals surface area contributed by atoms with Crippen molar-refractivity contribution in [1.82, 2.24) is 0 Å². The third-order valence-corrected chi connectivity index (χ3v) is 3.37. The van der Waals surface area contributed by atoms with E-state index in [1.165, 1.54) is 6.92 Å². The van der Waals surface area contributed by atoms with Crippen LogP contribution in [-0.4, -0.2) is 12.6 Å². The molecule has 0 aromatic heterocycles. The van der Waals surface area contributed by atoms with E-state index in [9.17, 15) is 31.1 Å². The van der Waals surface area contributed by atoms with Gasteiger partial charge in [0, 0.05) is 5.56 Å². The van der Waals surface area contributed by atoms with Crippen molar-refractivity contribution < 1.29 is 35.9 Å². The highest BCUT2D eigenvalue weighted by Gasteiger charge is 2.36. The number of halogens is 6. The van der Waals surface area contributed by atoms with E-state index in [1.807, 2.05) is 0 Å². The van der Waals surface area contributed by atoms with Gasteiger partial charge in [-0.05, 0) is 36.8 Å². The van der Waals surface area contributed by atoms with Crippen LogP contribution in [0, 0.1) is 0 Å². The van der Waals surface area contributed by atoms with E-state index in [0.29, 0.717) is 12.1 Å². The molecule has 0 unspecified atom stereocenters. The number of ether oxygens (including phenoxy) is 1. The van der Waals surface area contributed by atoms with Gasteiger partial charge in [-0.3, -0.25) is 0 Å². The van der Waals surface area contributed by atoms with Crippen molar-refractivity contribution >= 4 is 5.97 Å². The second-order valence-corrected chi connectivity index (χ2v) is 5.02. The van der Waals surface area contributed by atoms with E-state index in [0.717, 1.165) is 30.3 Å². The molecule has 0 N–H and O–H groups in total. The van der Waals surface area contributed by atoms with Gasteiger partial charge in [-0.2, -0.15) is 26.3 Å². The lowest BCUT2D eigenvalue weighted by atomic mass is 9.93. The molecule has 0 radical (unpaired) electrons. The zero-order valence-electron chi connectivity index (χ0n) is 12.8. The molecule has 0 saturated heterocycles. The summed E-state index contributed by atoms with van der Waals surface area (Å²) in [5.74, 6) is -0.983. The van der Waals surface area contributed by atoms with Crippen LogP contribution in [-0.2, 0) is 17.1 Å². The highest BCUT2D eigenvalue weighted by Crippen LogP contribution is 2.40. The van der Waals surface area contributed by atoms with Crippen molar-refractivity contribution in [3.05, 3.63) is 59.2 Å². The second-order valence-electron chi connectivity index (χ2n) is 5.02. The molecule has 0 atom stereocenters. The van der Waals surface area contributed by atoms with Crippen molar-refractivity contribution in [2.75, 3.05) is 6.61 Å². The van der Waals surface area contributed by atoms with Crippen LogP contribution in [0.1, 0.15) is 28.4 Å². The van der Waals surface area contributed by atoms with Crippen molar-refractivity contribution in [2.24, 2.45) is 0 Å². The quantitative estimate of drug-likeness (QED) is 0.527. The van der Waals surface area contributed by atoms with Gasteiger partial charge in [0.2, 0.25) is 0 Å². The Labute approximate surface area is 139 Å². The maximum Gasteiger partial charge on any atom is 0.417 e. The first-order valence-electron chi connectivity index (χ1n) is 7.10. The first kappa shape index (κ1) is 18.8. The van der Waals surface area contributed by atoms with E-state index in [2.05, 4.69) is 0 Å². The molecule has 2 aromatic rings. The lowest BCUT2D eigenvalue weighted by Gasteiger charge is -2.17. The summed E-state index contributed by atoms with van der Waals surface area (Å²) in [5.41, 5.74) is -3.17. The van der Waals surface area contributed by atoms with Crippen molar-refractivity contribution in [3.8, 4) is 11.1 Å². The van der Waals surface area contributed by atoms with Crippen molar-refractivity contribution in [3.63, 3.8) is 0 Å². The molecule has 0 aliphatic heterocycles. The zero-order valence-corrected chi connectivity index (χ0v) is 12.8. The Morgan fingerprint density at radius 1 is 0.920 bits per heavy atom. The topological polar surface area (TPSA) is 26.3 Å². The predicted molar refractivity (Wildman–Crippen MR) is 77.8 cm³/mol. The van der Waals surface area contributed by atoms with Crippen LogP contribution in [0.3, 0.4) is 0 Å². The molecule has 25 heavy (non-hydrogen) atoms. The average Bonchev–Trinajstić information content (AvgIpc) is 2.53. The van der Waals surface area contributed by atoms with Crippen LogP contribution in [0.15, 0.2) is 42.5 Å². The number of hydrogen-bond acceptors (Lipinski definition) is 2. The highest BCUT2D eigenvalue weighted by molar-refractivity contribution is 5.98. The molecule has 2 aromatic carbocycles. The number of carbonyl (C=O) groups excluding carboxylic acids is 1. The van der Waals surface area contributed by atoms with Gasteiger partial charge in [0.1, 0.15) is 0 Å². The molecule has 0 spiro atoms. The van der Waals surface area contributed by atoms with Gasteiger partial charge < -0.3 is 4.74 Å². The van der Waals surface area contributed by atoms with E-state index < -0.39 is 35.0 Å². The minimum Gasteiger partial charge on any atom is -0.462 e. The van der Waals surface area contributed by atoms with Crippen LogP contribution in [0.2, 0.25) is 0 Å². The van der Waals surface area contributed by atoms with Gasteiger partial charge in [0.15, 0.2) is 0 Å². The lowest BCUT2D eigenvalue weighted by Crippen LogP contribution is -2.13. The van der Waals surface area contributed by atoms with Crippen molar-refractivity contribution in [1.29, 1.82) is 0 Å². The number of esters is 1. The van der Waals surface area contributed by atoms with Crippen LogP contribution in [0.5, 0.6) is 0 Å². The Kier molecular flexibility index (Phi) is 5.10. The Morgan fingerprint density at radius 3 is 2.00 bits per heavy atom. The fourth-order valence-electron chi connectivity index (χ4n) is 2.30. The van der Waals surface area contributed by atoms with Crippen LogP contribution in [0.25, 0.3) is 11.1 Å². The Balaban J connectivity index is 2.67. The number of alkyl halides is 6. The maximum absolute atomic E-state index is 13.3. The predicted octanol–water partition coefficient (Wildman–Crippen LogP) is 5.57. The number of hydrogen-bond donors (Lipinski definition) is 0. The summed E-state index contributed by atoms with van der Waals surface area (Å²) < 4.78 is 82.6. The van der Waals surface area contributed by atoms with Crippen LogP contribution < -0.4 is 0 Å². The molecular formula is C17H12F6O2.